The summed E-state index contributed by atoms with van der Waals surface area (Å²) in [7, 11) is 0. The van der Waals surface area contributed by atoms with Crippen LogP contribution in [0.3, 0.4) is 0 Å². The van der Waals surface area contributed by atoms with E-state index in [2.05, 4.69) is 120 Å². The Morgan fingerprint density at radius 3 is 1.09 bits per heavy atom. The largest absolute Gasteiger partial charge is 4.00 e. The van der Waals surface area contributed by atoms with Gasteiger partial charge in [0.05, 0.1) is 0 Å². The second kappa shape index (κ2) is 12.9. The number of rotatable bonds is 4. The maximum Gasteiger partial charge on any atom is 4.00 e. The summed E-state index contributed by atoms with van der Waals surface area (Å²) in [5, 5.41) is 0. The van der Waals surface area contributed by atoms with Crippen molar-refractivity contribution < 1.29 is 58.9 Å². The van der Waals surface area contributed by atoms with Crippen LogP contribution in [0.1, 0.15) is 50.1 Å². The van der Waals surface area contributed by atoms with Crippen molar-refractivity contribution >= 4 is 0 Å². The van der Waals surface area contributed by atoms with Gasteiger partial charge in [-0.2, -0.15) is 23.3 Å². The molecule has 4 aromatic rings. The quantitative estimate of drug-likeness (QED) is 0.168. The molecule has 4 rings (SSSR count). The SMILES string of the molecule is Cc1cccc(C(c2cccc(C)c2)(c2cccc(C)c2)[c-]2cc(C)c(C)c2)c1.[Cl-].[Cl-].[Cl-].[Ti+4]. The first-order valence-electron chi connectivity index (χ1n) is 10.4. The smallest absolute Gasteiger partial charge is 1.00 e. The molecule has 0 aliphatic heterocycles. The van der Waals surface area contributed by atoms with Crippen LogP contribution in [-0.4, -0.2) is 0 Å². The molecule has 0 atom stereocenters. The first-order chi connectivity index (χ1) is 13.9. The van der Waals surface area contributed by atoms with Crippen LogP contribution in [0.15, 0.2) is 84.9 Å². The zero-order chi connectivity index (χ0) is 20.6. The van der Waals surface area contributed by atoms with Crippen LogP contribution < -0.4 is 37.2 Å². The maximum absolute atomic E-state index is 2.38. The summed E-state index contributed by atoms with van der Waals surface area (Å²) in [5.74, 6) is 0. The second-order valence-electron chi connectivity index (χ2n) is 8.47. The summed E-state index contributed by atoms with van der Waals surface area (Å²) < 4.78 is 0. The summed E-state index contributed by atoms with van der Waals surface area (Å²) >= 11 is 0. The van der Waals surface area contributed by atoms with Gasteiger partial charge in [-0.05, 0) is 37.5 Å². The Morgan fingerprint density at radius 1 is 0.515 bits per heavy atom. The van der Waals surface area contributed by atoms with E-state index in [1.807, 2.05) is 0 Å². The van der Waals surface area contributed by atoms with E-state index in [-0.39, 0.29) is 64.4 Å². The van der Waals surface area contributed by atoms with Crippen molar-refractivity contribution in [3.8, 4) is 0 Å². The van der Waals surface area contributed by atoms with Gasteiger partial charge in [0.15, 0.2) is 0 Å². The van der Waals surface area contributed by atoms with Gasteiger partial charge in [-0.1, -0.05) is 103 Å². The molecule has 4 heteroatoms. The maximum atomic E-state index is 2.38. The van der Waals surface area contributed by atoms with Gasteiger partial charge >= 0.3 is 21.7 Å². The van der Waals surface area contributed by atoms with Crippen molar-refractivity contribution in [3.63, 3.8) is 0 Å². The monoisotopic (exact) mass is 530 g/mol. The van der Waals surface area contributed by atoms with E-state index < -0.39 is 0 Å². The number of hydrogen-bond acceptors (Lipinski definition) is 0. The number of aryl methyl sites for hydroxylation is 5. The Hall–Kier alpha value is -1.41. The third-order valence-electron chi connectivity index (χ3n) is 6.15. The molecule has 0 N–H and O–H groups in total. The van der Waals surface area contributed by atoms with Crippen molar-refractivity contribution in [1.82, 2.24) is 0 Å². The molecule has 0 unspecified atom stereocenters. The molecule has 170 valence electrons. The minimum Gasteiger partial charge on any atom is -1.00 e. The molecule has 0 spiro atoms. The number of benzene rings is 3. The predicted molar refractivity (Wildman–Crippen MR) is 124 cm³/mol. The molecule has 0 heterocycles. The molecule has 0 nitrogen and oxygen atoms in total. The van der Waals surface area contributed by atoms with Crippen LogP contribution in [0.5, 0.6) is 0 Å². The van der Waals surface area contributed by atoms with Crippen LogP contribution in [0.2, 0.25) is 0 Å². The van der Waals surface area contributed by atoms with Gasteiger partial charge in [-0.3, -0.25) is 0 Å². The molecule has 33 heavy (non-hydrogen) atoms. The Kier molecular flexibility index (Phi) is 12.3. The normalized spacial score (nSPS) is 10.2. The Morgan fingerprint density at radius 2 is 0.818 bits per heavy atom. The second-order valence-corrected chi connectivity index (χ2v) is 8.47. The van der Waals surface area contributed by atoms with Gasteiger partial charge in [0.2, 0.25) is 0 Å². The average molecular weight is 532 g/mol. The van der Waals surface area contributed by atoms with Crippen LogP contribution >= 0.6 is 0 Å². The van der Waals surface area contributed by atoms with E-state index >= 15 is 0 Å². The Labute approximate surface area is 232 Å². The van der Waals surface area contributed by atoms with Gasteiger partial charge in [0.1, 0.15) is 0 Å². The molecule has 0 aliphatic carbocycles. The molecule has 0 bridgehead atoms. The van der Waals surface area contributed by atoms with E-state index in [1.54, 1.807) is 0 Å². The fourth-order valence-corrected chi connectivity index (χ4v) is 4.59. The number of hydrogen-bond donors (Lipinski definition) is 0. The Balaban J connectivity index is 0.00000256. The Bertz CT molecular complexity index is 1050. The molecule has 0 aliphatic rings. The molecule has 0 radical (unpaired) electrons. The van der Waals surface area contributed by atoms with E-state index in [4.69, 9.17) is 0 Å². The van der Waals surface area contributed by atoms with Crippen molar-refractivity contribution in [1.29, 1.82) is 0 Å². The molecular weight excluding hydrogens is 503 g/mol. The zero-order valence-electron chi connectivity index (χ0n) is 19.7. The zero-order valence-corrected chi connectivity index (χ0v) is 23.5. The van der Waals surface area contributed by atoms with Crippen LogP contribution in [-0.2, 0) is 27.1 Å². The summed E-state index contributed by atoms with van der Waals surface area (Å²) in [6.07, 6.45) is 0. The predicted octanol–water partition coefficient (Wildman–Crippen LogP) is -1.66. The molecule has 0 fully saturated rings. The van der Waals surface area contributed by atoms with E-state index in [0.717, 1.165) is 0 Å². The van der Waals surface area contributed by atoms with Crippen molar-refractivity contribution in [3.05, 3.63) is 135 Å². The third kappa shape index (κ3) is 6.00. The fourth-order valence-electron chi connectivity index (χ4n) is 4.59. The van der Waals surface area contributed by atoms with Crippen molar-refractivity contribution in [2.24, 2.45) is 0 Å². The van der Waals surface area contributed by atoms with Gasteiger partial charge < -0.3 is 37.2 Å². The summed E-state index contributed by atoms with van der Waals surface area (Å²) in [6, 6.07) is 31.8. The molecular formula is C29H29Cl3Ti. The van der Waals surface area contributed by atoms with E-state index in [9.17, 15) is 0 Å². The van der Waals surface area contributed by atoms with Gasteiger partial charge in [0, 0.05) is 5.41 Å². The van der Waals surface area contributed by atoms with Crippen LogP contribution in [0.4, 0.5) is 0 Å². The molecule has 4 aromatic carbocycles. The van der Waals surface area contributed by atoms with Crippen molar-refractivity contribution in [2.45, 2.75) is 40.0 Å². The molecule has 0 aromatic heterocycles. The third-order valence-corrected chi connectivity index (χ3v) is 6.15. The summed E-state index contributed by atoms with van der Waals surface area (Å²) in [6.45, 7) is 11.0. The van der Waals surface area contributed by atoms with E-state index in [0.29, 0.717) is 0 Å². The minimum atomic E-state index is -0.344. The standard InChI is InChI=1S/C29H29.3ClH.Ti/c1-20-9-6-12-25(15-20)29(26-13-7-10-21(2)16-26,27-14-8-11-22(3)17-27)28-18-23(4)24(5)19-28;;;;/h6-19H,1-5H3;3*1H;/q-1;;;;+4/p-3. The van der Waals surface area contributed by atoms with Crippen LogP contribution in [0, 0.1) is 34.6 Å². The van der Waals surface area contributed by atoms with Gasteiger partial charge in [0.25, 0.3) is 0 Å². The minimum absolute atomic E-state index is 0. The topological polar surface area (TPSA) is 0 Å². The first kappa shape index (κ1) is 31.6. The number of halogens is 3. The van der Waals surface area contributed by atoms with E-state index in [1.165, 1.54) is 50.1 Å². The molecule has 0 saturated heterocycles. The van der Waals surface area contributed by atoms with Gasteiger partial charge in [-0.15, -0.1) is 5.56 Å². The van der Waals surface area contributed by atoms with Crippen LogP contribution in [0.25, 0.3) is 0 Å². The summed E-state index contributed by atoms with van der Waals surface area (Å²) in [4.78, 5) is 0. The fraction of sp³-hybridized carbons (Fsp3) is 0.207. The molecule has 0 saturated carbocycles. The first-order valence-corrected chi connectivity index (χ1v) is 10.4. The molecule has 0 amide bonds. The summed E-state index contributed by atoms with van der Waals surface area (Å²) in [5.41, 5.74) is 11.5. The average Bonchev–Trinajstić information content (AvgIpc) is 3.01. The van der Waals surface area contributed by atoms with Gasteiger partial charge in [-0.25, -0.2) is 0 Å². The van der Waals surface area contributed by atoms with Crippen molar-refractivity contribution in [2.75, 3.05) is 0 Å².